The number of aromatic nitrogens is 3. The predicted octanol–water partition coefficient (Wildman–Crippen LogP) is 2.48. The zero-order valence-electron chi connectivity index (χ0n) is 14.6. The Labute approximate surface area is 143 Å². The molecule has 1 saturated heterocycles. The Kier molecular flexibility index (Phi) is 4.19. The third-order valence-corrected chi connectivity index (χ3v) is 5.14. The van der Waals surface area contributed by atoms with Crippen molar-refractivity contribution in [3.05, 3.63) is 35.3 Å². The van der Waals surface area contributed by atoms with E-state index in [0.717, 1.165) is 55.6 Å². The number of piperazine rings is 1. The number of aryl methyl sites for hydroxylation is 3. The SMILES string of the molecule is Cc1nc(-c2cc3c(cn2)CCCC3)cc(N2CCN(C)CC2)n1. The number of rotatable bonds is 2. The zero-order chi connectivity index (χ0) is 16.5. The fraction of sp³-hybridized carbons (Fsp3) is 0.526. The molecule has 24 heavy (non-hydrogen) atoms. The number of fused-ring (bicyclic) bond motifs is 1. The van der Waals surface area contributed by atoms with Crippen molar-refractivity contribution in [3.63, 3.8) is 0 Å². The standard InChI is InChI=1S/C19H25N5/c1-14-21-18(12-19(22-14)24-9-7-23(2)8-10-24)17-11-15-5-3-4-6-16(15)13-20-17/h11-13H,3-10H2,1-2H3. The lowest BCUT2D eigenvalue weighted by atomic mass is 9.92. The summed E-state index contributed by atoms with van der Waals surface area (Å²) >= 11 is 0. The molecule has 2 aliphatic rings. The monoisotopic (exact) mass is 323 g/mol. The molecule has 5 heteroatoms. The van der Waals surface area contributed by atoms with Crippen LogP contribution in [0, 0.1) is 6.92 Å². The summed E-state index contributed by atoms with van der Waals surface area (Å²) in [5.41, 5.74) is 4.79. The van der Waals surface area contributed by atoms with Crippen molar-refractivity contribution in [3.8, 4) is 11.4 Å². The fourth-order valence-electron chi connectivity index (χ4n) is 3.63. The Balaban J connectivity index is 1.66. The highest BCUT2D eigenvalue weighted by Gasteiger charge is 2.18. The van der Waals surface area contributed by atoms with Crippen molar-refractivity contribution in [1.29, 1.82) is 0 Å². The van der Waals surface area contributed by atoms with Gasteiger partial charge in [0.15, 0.2) is 0 Å². The van der Waals surface area contributed by atoms with E-state index in [9.17, 15) is 0 Å². The maximum Gasteiger partial charge on any atom is 0.133 e. The maximum atomic E-state index is 4.68. The van der Waals surface area contributed by atoms with Gasteiger partial charge in [-0.15, -0.1) is 0 Å². The van der Waals surface area contributed by atoms with Gasteiger partial charge in [-0.2, -0.15) is 0 Å². The quantitative estimate of drug-likeness (QED) is 0.849. The topological polar surface area (TPSA) is 45.2 Å². The third kappa shape index (κ3) is 3.13. The molecule has 0 N–H and O–H groups in total. The second-order valence-corrected chi connectivity index (χ2v) is 6.99. The van der Waals surface area contributed by atoms with Gasteiger partial charge in [-0.1, -0.05) is 0 Å². The first-order valence-corrected chi connectivity index (χ1v) is 8.96. The van der Waals surface area contributed by atoms with E-state index in [4.69, 9.17) is 0 Å². The van der Waals surface area contributed by atoms with E-state index in [-0.39, 0.29) is 0 Å². The van der Waals surface area contributed by atoms with Gasteiger partial charge in [-0.05, 0) is 56.8 Å². The van der Waals surface area contributed by atoms with E-state index in [0.29, 0.717) is 0 Å². The number of anilines is 1. The molecule has 0 bridgehead atoms. The zero-order valence-corrected chi connectivity index (χ0v) is 14.6. The van der Waals surface area contributed by atoms with E-state index in [1.165, 1.54) is 30.4 Å². The Morgan fingerprint density at radius 2 is 1.62 bits per heavy atom. The smallest absolute Gasteiger partial charge is 0.133 e. The Morgan fingerprint density at radius 3 is 2.42 bits per heavy atom. The van der Waals surface area contributed by atoms with E-state index < -0.39 is 0 Å². The molecule has 0 saturated carbocycles. The van der Waals surface area contributed by atoms with Crippen LogP contribution in [0.25, 0.3) is 11.4 Å². The van der Waals surface area contributed by atoms with E-state index >= 15 is 0 Å². The summed E-state index contributed by atoms with van der Waals surface area (Å²) in [4.78, 5) is 18.7. The Bertz CT molecular complexity index is 735. The average Bonchev–Trinajstić information content (AvgIpc) is 2.61. The fourth-order valence-corrected chi connectivity index (χ4v) is 3.63. The number of likely N-dealkylation sites (N-methyl/N-ethyl adjacent to an activating group) is 1. The molecule has 0 radical (unpaired) electrons. The van der Waals surface area contributed by atoms with Gasteiger partial charge in [-0.3, -0.25) is 4.98 Å². The van der Waals surface area contributed by atoms with Crippen LogP contribution < -0.4 is 4.90 Å². The summed E-state index contributed by atoms with van der Waals surface area (Å²) in [5.74, 6) is 1.85. The molecule has 0 atom stereocenters. The molecule has 1 aliphatic carbocycles. The first kappa shape index (κ1) is 15.5. The van der Waals surface area contributed by atoms with Gasteiger partial charge in [0.25, 0.3) is 0 Å². The molecule has 1 fully saturated rings. The lowest BCUT2D eigenvalue weighted by Crippen LogP contribution is -2.44. The molecule has 2 aromatic rings. The molecule has 0 spiro atoms. The van der Waals surface area contributed by atoms with E-state index in [1.807, 2.05) is 6.92 Å². The highest BCUT2D eigenvalue weighted by atomic mass is 15.3. The minimum absolute atomic E-state index is 0.820. The van der Waals surface area contributed by atoms with Crippen LogP contribution >= 0.6 is 0 Å². The molecule has 126 valence electrons. The summed E-state index contributed by atoms with van der Waals surface area (Å²) in [5, 5.41) is 0. The van der Waals surface area contributed by atoms with Gasteiger partial charge in [0.1, 0.15) is 11.6 Å². The third-order valence-electron chi connectivity index (χ3n) is 5.14. The van der Waals surface area contributed by atoms with Gasteiger partial charge in [0.05, 0.1) is 11.4 Å². The van der Waals surface area contributed by atoms with Crippen molar-refractivity contribution in [2.24, 2.45) is 0 Å². The van der Waals surface area contributed by atoms with Crippen molar-refractivity contribution in [2.45, 2.75) is 32.6 Å². The van der Waals surface area contributed by atoms with E-state index in [2.05, 4.69) is 50.1 Å². The Morgan fingerprint density at radius 1 is 0.875 bits per heavy atom. The predicted molar refractivity (Wildman–Crippen MR) is 96.4 cm³/mol. The van der Waals surface area contributed by atoms with Crippen LogP contribution in [0.1, 0.15) is 29.8 Å². The molecular formula is C19H25N5. The molecule has 5 nitrogen and oxygen atoms in total. The van der Waals surface area contributed by atoms with Gasteiger partial charge < -0.3 is 9.80 Å². The lowest BCUT2D eigenvalue weighted by Gasteiger charge is -2.33. The molecule has 0 aromatic carbocycles. The van der Waals surface area contributed by atoms with Crippen LogP contribution in [-0.4, -0.2) is 53.1 Å². The van der Waals surface area contributed by atoms with Gasteiger partial charge in [0.2, 0.25) is 0 Å². The highest BCUT2D eigenvalue weighted by molar-refractivity contribution is 5.60. The van der Waals surface area contributed by atoms with Crippen LogP contribution in [0.4, 0.5) is 5.82 Å². The normalized spacial score (nSPS) is 18.5. The largest absolute Gasteiger partial charge is 0.354 e. The summed E-state index contributed by atoms with van der Waals surface area (Å²) < 4.78 is 0. The molecule has 3 heterocycles. The van der Waals surface area contributed by atoms with Crippen molar-refractivity contribution < 1.29 is 0 Å². The van der Waals surface area contributed by atoms with Crippen molar-refractivity contribution >= 4 is 5.82 Å². The second kappa shape index (κ2) is 6.48. The lowest BCUT2D eigenvalue weighted by molar-refractivity contribution is 0.312. The Hall–Kier alpha value is -2.01. The van der Waals surface area contributed by atoms with Crippen LogP contribution in [0.5, 0.6) is 0 Å². The summed E-state index contributed by atoms with van der Waals surface area (Å²) in [6.45, 7) is 6.17. The van der Waals surface area contributed by atoms with Crippen molar-refractivity contribution in [1.82, 2.24) is 19.9 Å². The number of pyridine rings is 1. The molecule has 2 aromatic heterocycles. The highest BCUT2D eigenvalue weighted by Crippen LogP contribution is 2.26. The molecular weight excluding hydrogens is 298 g/mol. The molecule has 0 amide bonds. The van der Waals surface area contributed by atoms with Gasteiger partial charge in [-0.25, -0.2) is 9.97 Å². The first-order chi connectivity index (χ1) is 11.7. The number of hydrogen-bond donors (Lipinski definition) is 0. The van der Waals surface area contributed by atoms with Gasteiger partial charge in [0, 0.05) is 38.4 Å². The van der Waals surface area contributed by atoms with Crippen molar-refractivity contribution in [2.75, 3.05) is 38.1 Å². The van der Waals surface area contributed by atoms with Crippen LogP contribution in [0.3, 0.4) is 0 Å². The molecule has 0 unspecified atom stereocenters. The maximum absolute atomic E-state index is 4.68. The summed E-state index contributed by atoms with van der Waals surface area (Å²) in [7, 11) is 2.17. The summed E-state index contributed by atoms with van der Waals surface area (Å²) in [6.07, 6.45) is 6.95. The van der Waals surface area contributed by atoms with Crippen LogP contribution in [-0.2, 0) is 12.8 Å². The molecule has 4 rings (SSSR count). The molecule has 1 aliphatic heterocycles. The van der Waals surface area contributed by atoms with Gasteiger partial charge >= 0.3 is 0 Å². The second-order valence-electron chi connectivity index (χ2n) is 6.99. The number of nitrogens with zero attached hydrogens (tertiary/aromatic N) is 5. The van der Waals surface area contributed by atoms with Crippen LogP contribution in [0.2, 0.25) is 0 Å². The number of hydrogen-bond acceptors (Lipinski definition) is 5. The summed E-state index contributed by atoms with van der Waals surface area (Å²) in [6, 6.07) is 4.35. The minimum Gasteiger partial charge on any atom is -0.354 e. The average molecular weight is 323 g/mol. The van der Waals surface area contributed by atoms with E-state index in [1.54, 1.807) is 0 Å². The van der Waals surface area contributed by atoms with Crippen LogP contribution in [0.15, 0.2) is 18.3 Å². The first-order valence-electron chi connectivity index (χ1n) is 8.96. The minimum atomic E-state index is 0.820.